The molecule has 1 aromatic rings. The van der Waals surface area contributed by atoms with Crippen LogP contribution in [0.15, 0.2) is 0 Å². The fourth-order valence-corrected chi connectivity index (χ4v) is 2.35. The molecule has 1 saturated carbocycles. The first kappa shape index (κ1) is 14.1. The average molecular weight is 263 g/mol. The maximum Gasteiger partial charge on any atom is 0.148 e. The minimum Gasteiger partial charge on any atom is -0.357 e. The van der Waals surface area contributed by atoms with Gasteiger partial charge in [0.25, 0.3) is 0 Å². The van der Waals surface area contributed by atoms with Gasteiger partial charge in [-0.05, 0) is 33.1 Å². The first-order valence-electron chi connectivity index (χ1n) is 7.16. The highest BCUT2D eigenvalue weighted by Gasteiger charge is 2.29. The molecule has 3 N–H and O–H groups in total. The summed E-state index contributed by atoms with van der Waals surface area (Å²) in [6, 6.07) is 0.469. The van der Waals surface area contributed by atoms with Crippen LogP contribution < -0.4 is 16.2 Å². The maximum absolute atomic E-state index is 5.59. The van der Waals surface area contributed by atoms with E-state index in [2.05, 4.69) is 36.2 Å². The molecule has 19 heavy (non-hydrogen) atoms. The van der Waals surface area contributed by atoms with Gasteiger partial charge in [0.2, 0.25) is 0 Å². The van der Waals surface area contributed by atoms with Crippen LogP contribution in [0.5, 0.6) is 0 Å². The Labute approximate surface area is 115 Å². The number of hydrogen-bond acceptors (Lipinski definition) is 5. The van der Waals surface area contributed by atoms with Gasteiger partial charge in [0, 0.05) is 24.6 Å². The summed E-state index contributed by atoms with van der Waals surface area (Å²) in [5.41, 5.74) is 3.73. The monoisotopic (exact) mass is 263 g/mol. The van der Waals surface area contributed by atoms with E-state index in [1.165, 1.54) is 19.3 Å². The van der Waals surface area contributed by atoms with Crippen LogP contribution >= 0.6 is 0 Å². The molecule has 1 fully saturated rings. The van der Waals surface area contributed by atoms with Crippen LogP contribution in [0.1, 0.15) is 56.8 Å². The zero-order valence-electron chi connectivity index (χ0n) is 12.4. The van der Waals surface area contributed by atoms with Crippen LogP contribution in [0.2, 0.25) is 0 Å². The van der Waals surface area contributed by atoms with E-state index < -0.39 is 0 Å². The summed E-state index contributed by atoms with van der Waals surface area (Å²) in [7, 11) is 2.10. The summed E-state index contributed by atoms with van der Waals surface area (Å²) in [6.45, 7) is 6.47. The largest absolute Gasteiger partial charge is 0.357 e. The molecule has 0 bridgehead atoms. The summed E-state index contributed by atoms with van der Waals surface area (Å²) in [5, 5.41) is 0. The number of rotatable bonds is 6. The van der Waals surface area contributed by atoms with Crippen LogP contribution in [0, 0.1) is 6.92 Å². The highest BCUT2D eigenvalue weighted by Crippen LogP contribution is 2.40. The van der Waals surface area contributed by atoms with Crippen molar-refractivity contribution in [1.82, 2.24) is 9.97 Å². The summed E-state index contributed by atoms with van der Waals surface area (Å²) >= 11 is 0. The van der Waals surface area contributed by atoms with E-state index in [0.29, 0.717) is 12.0 Å². The number of aromatic nitrogens is 2. The summed E-state index contributed by atoms with van der Waals surface area (Å²) in [4.78, 5) is 11.5. The first-order chi connectivity index (χ1) is 9.08. The number of hydrogen-bond donors (Lipinski definition) is 2. The molecule has 0 saturated heterocycles. The van der Waals surface area contributed by atoms with Gasteiger partial charge in [-0.1, -0.05) is 13.3 Å². The highest BCUT2D eigenvalue weighted by molar-refractivity contribution is 5.58. The Balaban J connectivity index is 2.34. The van der Waals surface area contributed by atoms with Gasteiger partial charge in [-0.3, -0.25) is 0 Å². The van der Waals surface area contributed by atoms with Crippen molar-refractivity contribution in [2.75, 3.05) is 17.4 Å². The molecule has 5 heteroatoms. The molecule has 0 spiro atoms. The number of nitrogens with two attached hydrogens (primary N) is 1. The smallest absolute Gasteiger partial charge is 0.148 e. The third-order valence-electron chi connectivity index (χ3n) is 3.92. The lowest BCUT2D eigenvalue weighted by Gasteiger charge is -2.28. The summed E-state index contributed by atoms with van der Waals surface area (Å²) in [6.07, 6.45) is 4.72. The molecule has 106 valence electrons. The van der Waals surface area contributed by atoms with E-state index in [4.69, 9.17) is 10.8 Å². The second-order valence-electron chi connectivity index (χ2n) is 5.55. The summed E-state index contributed by atoms with van der Waals surface area (Å²) < 4.78 is 0. The van der Waals surface area contributed by atoms with Crippen LogP contribution in [0.4, 0.5) is 11.6 Å². The van der Waals surface area contributed by atoms with Crippen molar-refractivity contribution < 1.29 is 0 Å². The van der Waals surface area contributed by atoms with Gasteiger partial charge in [-0.15, -0.1) is 0 Å². The van der Waals surface area contributed by atoms with Gasteiger partial charge in [0.05, 0.1) is 0 Å². The van der Waals surface area contributed by atoms with Gasteiger partial charge in [-0.25, -0.2) is 15.8 Å². The Hall–Kier alpha value is -1.36. The second-order valence-corrected chi connectivity index (χ2v) is 5.55. The molecule has 5 nitrogen and oxygen atoms in total. The summed E-state index contributed by atoms with van der Waals surface area (Å²) in [5.74, 6) is 8.81. The minimum absolute atomic E-state index is 0.469. The van der Waals surface area contributed by atoms with E-state index in [-0.39, 0.29) is 0 Å². The molecule has 1 aliphatic rings. The van der Waals surface area contributed by atoms with E-state index in [1.807, 2.05) is 6.92 Å². The molecule has 1 unspecified atom stereocenters. The van der Waals surface area contributed by atoms with E-state index in [9.17, 15) is 0 Å². The average Bonchev–Trinajstić information content (AvgIpc) is 3.23. The van der Waals surface area contributed by atoms with Crippen molar-refractivity contribution in [3.63, 3.8) is 0 Å². The number of nitrogens with zero attached hydrogens (tertiary/aromatic N) is 3. The Kier molecular flexibility index (Phi) is 4.24. The molecular formula is C14H25N5. The molecule has 1 heterocycles. The normalized spacial score (nSPS) is 16.3. The van der Waals surface area contributed by atoms with Gasteiger partial charge in [-0.2, -0.15) is 0 Å². The lowest BCUT2D eigenvalue weighted by molar-refractivity contribution is 0.608. The van der Waals surface area contributed by atoms with E-state index in [0.717, 1.165) is 29.4 Å². The number of hydrazine groups is 1. The van der Waals surface area contributed by atoms with E-state index >= 15 is 0 Å². The lowest BCUT2D eigenvalue weighted by atomic mass is 10.1. The Morgan fingerprint density at radius 3 is 2.63 bits per heavy atom. The van der Waals surface area contributed by atoms with Crippen LogP contribution in [0.25, 0.3) is 0 Å². The van der Waals surface area contributed by atoms with Crippen molar-refractivity contribution in [3.05, 3.63) is 11.4 Å². The molecule has 1 aromatic heterocycles. The molecule has 0 radical (unpaired) electrons. The molecule has 0 amide bonds. The molecule has 2 rings (SSSR count). The third-order valence-corrected chi connectivity index (χ3v) is 3.92. The molecule has 0 aromatic carbocycles. The van der Waals surface area contributed by atoms with Crippen molar-refractivity contribution in [2.45, 2.75) is 58.4 Å². The zero-order chi connectivity index (χ0) is 14.0. The topological polar surface area (TPSA) is 67.1 Å². The second kappa shape index (κ2) is 5.74. The zero-order valence-corrected chi connectivity index (χ0v) is 12.4. The lowest BCUT2D eigenvalue weighted by Crippen LogP contribution is -2.31. The maximum atomic E-state index is 5.59. The Bertz CT molecular complexity index is 442. The Morgan fingerprint density at radius 1 is 1.42 bits per heavy atom. The highest BCUT2D eigenvalue weighted by atomic mass is 15.3. The molecule has 1 atom stereocenters. The van der Waals surface area contributed by atoms with Crippen LogP contribution in [0.3, 0.4) is 0 Å². The van der Waals surface area contributed by atoms with Crippen molar-refractivity contribution in [3.8, 4) is 0 Å². The van der Waals surface area contributed by atoms with Gasteiger partial charge < -0.3 is 10.3 Å². The fraction of sp³-hybridized carbons (Fsp3) is 0.714. The number of nitrogen functional groups attached to an aromatic ring is 1. The van der Waals surface area contributed by atoms with Gasteiger partial charge in [0.1, 0.15) is 17.5 Å². The number of nitrogens with one attached hydrogen (secondary N) is 1. The van der Waals surface area contributed by atoms with Crippen molar-refractivity contribution in [2.24, 2.45) is 5.84 Å². The molecule has 1 aliphatic carbocycles. The Morgan fingerprint density at radius 2 is 2.11 bits per heavy atom. The fourth-order valence-electron chi connectivity index (χ4n) is 2.35. The van der Waals surface area contributed by atoms with Crippen LogP contribution in [-0.4, -0.2) is 23.1 Å². The van der Waals surface area contributed by atoms with Gasteiger partial charge in [0.15, 0.2) is 0 Å². The first-order valence-corrected chi connectivity index (χ1v) is 7.16. The quantitative estimate of drug-likeness (QED) is 0.610. The predicted octanol–water partition coefficient (Wildman–Crippen LogP) is 2.57. The number of anilines is 2. The van der Waals surface area contributed by atoms with Crippen molar-refractivity contribution >= 4 is 11.6 Å². The van der Waals surface area contributed by atoms with E-state index in [1.54, 1.807) is 0 Å². The minimum atomic E-state index is 0.469. The third kappa shape index (κ3) is 2.97. The molecular weight excluding hydrogens is 238 g/mol. The SMILES string of the molecule is CCCC(C)N(C)c1nc(C2CC2)nc(NN)c1C. The molecule has 0 aliphatic heterocycles. The van der Waals surface area contributed by atoms with Crippen molar-refractivity contribution in [1.29, 1.82) is 0 Å². The van der Waals surface area contributed by atoms with Gasteiger partial charge >= 0.3 is 0 Å². The van der Waals surface area contributed by atoms with Crippen LogP contribution in [-0.2, 0) is 0 Å². The predicted molar refractivity (Wildman–Crippen MR) is 79.3 cm³/mol. The standard InChI is InChI=1S/C14H25N5/c1-5-6-9(2)19(4)14-10(3)12(18-15)16-13(17-14)11-7-8-11/h9,11H,5-8,15H2,1-4H3,(H,16,17,18).